The smallest absolute Gasteiger partial charge is 0.251 e. The highest BCUT2D eigenvalue weighted by molar-refractivity contribution is 6.00. The van der Waals surface area contributed by atoms with Gasteiger partial charge in [0.05, 0.1) is 17.9 Å². The Kier molecular flexibility index (Phi) is 6.36. The van der Waals surface area contributed by atoms with Gasteiger partial charge in [0, 0.05) is 17.2 Å². The Morgan fingerprint density at radius 1 is 0.848 bits per heavy atom. The van der Waals surface area contributed by atoms with Crippen molar-refractivity contribution in [2.24, 2.45) is 0 Å². The van der Waals surface area contributed by atoms with Gasteiger partial charge in [-0.3, -0.25) is 9.59 Å². The number of nitrogens with one attached hydrogen (secondary N) is 2. The molecule has 166 valence electrons. The second kappa shape index (κ2) is 9.53. The van der Waals surface area contributed by atoms with Crippen LogP contribution in [0, 0.1) is 20.8 Å². The Morgan fingerprint density at radius 3 is 2.30 bits per heavy atom. The Labute approximate surface area is 193 Å². The number of carbonyl (C=O) groups is 2. The van der Waals surface area contributed by atoms with Crippen LogP contribution in [0.1, 0.15) is 27.0 Å². The molecule has 0 atom stereocenters. The summed E-state index contributed by atoms with van der Waals surface area (Å²) in [7, 11) is 0. The van der Waals surface area contributed by atoms with E-state index in [2.05, 4.69) is 16.7 Å². The molecule has 33 heavy (non-hydrogen) atoms. The largest absolute Gasteiger partial charge is 0.343 e. The Bertz CT molecular complexity index is 1310. The molecule has 0 saturated heterocycles. The van der Waals surface area contributed by atoms with Crippen LogP contribution in [0.2, 0.25) is 0 Å². The number of anilines is 1. The van der Waals surface area contributed by atoms with E-state index < -0.39 is 0 Å². The van der Waals surface area contributed by atoms with E-state index in [1.165, 1.54) is 0 Å². The van der Waals surface area contributed by atoms with Gasteiger partial charge in [-0.25, -0.2) is 4.68 Å². The topological polar surface area (TPSA) is 76.0 Å². The van der Waals surface area contributed by atoms with E-state index in [4.69, 9.17) is 5.10 Å². The third kappa shape index (κ3) is 5.01. The number of amides is 2. The summed E-state index contributed by atoms with van der Waals surface area (Å²) in [4.78, 5) is 25.2. The average molecular weight is 439 g/mol. The molecule has 0 aliphatic carbocycles. The summed E-state index contributed by atoms with van der Waals surface area (Å²) < 4.78 is 1.73. The maximum atomic E-state index is 12.7. The quantitative estimate of drug-likeness (QED) is 0.453. The first-order valence-electron chi connectivity index (χ1n) is 10.8. The van der Waals surface area contributed by atoms with Crippen LogP contribution < -0.4 is 10.6 Å². The standard InChI is InChI=1S/C27H26N4O2/c1-18-13-14-24(20(3)15-18)31-25(16-23(30-31)21-10-5-4-6-11-21)29-26(32)17-28-27(33)22-12-8-7-9-19(22)2/h4-16H,17H2,1-3H3,(H,28,33)(H,29,32). The van der Waals surface area contributed by atoms with E-state index in [9.17, 15) is 9.59 Å². The molecular weight excluding hydrogens is 412 g/mol. The highest BCUT2D eigenvalue weighted by Crippen LogP contribution is 2.26. The molecule has 2 N–H and O–H groups in total. The first kappa shape index (κ1) is 22.0. The number of hydrogen-bond donors (Lipinski definition) is 2. The van der Waals surface area contributed by atoms with Crippen LogP contribution in [0.15, 0.2) is 78.9 Å². The van der Waals surface area contributed by atoms with Crippen molar-refractivity contribution in [1.82, 2.24) is 15.1 Å². The van der Waals surface area contributed by atoms with Crippen LogP contribution in [0.3, 0.4) is 0 Å². The molecule has 0 saturated carbocycles. The molecule has 6 heteroatoms. The molecule has 3 aromatic carbocycles. The van der Waals surface area contributed by atoms with Gasteiger partial charge in [0.15, 0.2) is 0 Å². The predicted molar refractivity (Wildman–Crippen MR) is 131 cm³/mol. The van der Waals surface area contributed by atoms with Crippen molar-refractivity contribution < 1.29 is 9.59 Å². The van der Waals surface area contributed by atoms with Crippen LogP contribution >= 0.6 is 0 Å². The molecule has 4 rings (SSSR count). The Hall–Kier alpha value is -4.19. The zero-order chi connectivity index (χ0) is 23.4. The molecule has 2 amide bonds. The van der Waals surface area contributed by atoms with Crippen LogP contribution in [-0.2, 0) is 4.79 Å². The van der Waals surface area contributed by atoms with Gasteiger partial charge in [-0.15, -0.1) is 0 Å². The lowest BCUT2D eigenvalue weighted by Crippen LogP contribution is -2.33. The monoisotopic (exact) mass is 438 g/mol. The predicted octanol–water partition coefficient (Wildman–Crippen LogP) is 4.83. The van der Waals surface area contributed by atoms with E-state index in [0.29, 0.717) is 11.4 Å². The third-order valence-corrected chi connectivity index (χ3v) is 5.43. The maximum absolute atomic E-state index is 12.7. The number of benzene rings is 3. The van der Waals surface area contributed by atoms with Gasteiger partial charge in [0.1, 0.15) is 5.82 Å². The summed E-state index contributed by atoms with van der Waals surface area (Å²) in [6.07, 6.45) is 0. The molecule has 0 aliphatic rings. The number of aromatic nitrogens is 2. The molecule has 4 aromatic rings. The van der Waals surface area contributed by atoms with Crippen molar-refractivity contribution in [2.45, 2.75) is 20.8 Å². The minimum atomic E-state index is -0.331. The van der Waals surface area contributed by atoms with E-state index in [1.807, 2.05) is 81.4 Å². The van der Waals surface area contributed by atoms with E-state index >= 15 is 0 Å². The molecular formula is C27H26N4O2. The molecule has 0 fully saturated rings. The Balaban J connectivity index is 1.58. The summed E-state index contributed by atoms with van der Waals surface area (Å²) in [5.41, 5.74) is 6.17. The molecule has 0 aliphatic heterocycles. The van der Waals surface area contributed by atoms with Crippen molar-refractivity contribution >= 4 is 17.6 Å². The van der Waals surface area contributed by atoms with Crippen molar-refractivity contribution in [2.75, 3.05) is 11.9 Å². The van der Waals surface area contributed by atoms with Crippen LogP contribution in [0.4, 0.5) is 5.82 Å². The molecule has 6 nitrogen and oxygen atoms in total. The fourth-order valence-electron chi connectivity index (χ4n) is 3.72. The molecule has 0 spiro atoms. The fraction of sp³-hybridized carbons (Fsp3) is 0.148. The molecule has 1 aromatic heterocycles. The van der Waals surface area contributed by atoms with Gasteiger partial charge >= 0.3 is 0 Å². The lowest BCUT2D eigenvalue weighted by atomic mass is 10.1. The molecule has 0 unspecified atom stereocenters. The number of hydrogen-bond acceptors (Lipinski definition) is 3. The maximum Gasteiger partial charge on any atom is 0.251 e. The number of aryl methyl sites for hydroxylation is 3. The lowest BCUT2D eigenvalue weighted by Gasteiger charge is -2.12. The third-order valence-electron chi connectivity index (χ3n) is 5.43. The van der Waals surface area contributed by atoms with E-state index in [0.717, 1.165) is 33.6 Å². The lowest BCUT2D eigenvalue weighted by molar-refractivity contribution is -0.115. The van der Waals surface area contributed by atoms with Crippen molar-refractivity contribution in [3.05, 3.63) is 101 Å². The summed E-state index contributed by atoms with van der Waals surface area (Å²) in [6.45, 7) is 5.77. The zero-order valence-corrected chi connectivity index (χ0v) is 18.9. The highest BCUT2D eigenvalue weighted by Gasteiger charge is 2.16. The van der Waals surface area contributed by atoms with Gasteiger partial charge in [-0.2, -0.15) is 5.10 Å². The van der Waals surface area contributed by atoms with Gasteiger partial charge in [-0.1, -0.05) is 66.2 Å². The molecule has 0 bridgehead atoms. The van der Waals surface area contributed by atoms with Crippen molar-refractivity contribution in [3.63, 3.8) is 0 Å². The minimum absolute atomic E-state index is 0.147. The van der Waals surface area contributed by atoms with Crippen molar-refractivity contribution in [3.8, 4) is 16.9 Å². The molecule has 0 radical (unpaired) electrons. The summed E-state index contributed by atoms with van der Waals surface area (Å²) in [6, 6.07) is 25.0. The summed E-state index contributed by atoms with van der Waals surface area (Å²) in [5.74, 6) is -0.0745. The van der Waals surface area contributed by atoms with Gasteiger partial charge in [0.2, 0.25) is 5.91 Å². The first-order chi connectivity index (χ1) is 15.9. The normalized spacial score (nSPS) is 10.6. The van der Waals surface area contributed by atoms with Crippen LogP contribution in [0.5, 0.6) is 0 Å². The van der Waals surface area contributed by atoms with Gasteiger partial charge < -0.3 is 10.6 Å². The zero-order valence-electron chi connectivity index (χ0n) is 18.9. The number of rotatable bonds is 6. The van der Waals surface area contributed by atoms with E-state index in [-0.39, 0.29) is 18.4 Å². The summed E-state index contributed by atoms with van der Waals surface area (Å²) in [5, 5.41) is 10.4. The highest BCUT2D eigenvalue weighted by atomic mass is 16.2. The van der Waals surface area contributed by atoms with E-state index in [1.54, 1.807) is 16.8 Å². The average Bonchev–Trinajstić information content (AvgIpc) is 3.21. The number of carbonyl (C=O) groups excluding carboxylic acids is 2. The fourth-order valence-corrected chi connectivity index (χ4v) is 3.72. The minimum Gasteiger partial charge on any atom is -0.343 e. The van der Waals surface area contributed by atoms with Gasteiger partial charge in [-0.05, 0) is 44.0 Å². The van der Waals surface area contributed by atoms with Crippen LogP contribution in [-0.4, -0.2) is 28.1 Å². The number of nitrogens with zero attached hydrogens (tertiary/aromatic N) is 2. The summed E-state index contributed by atoms with van der Waals surface area (Å²) >= 11 is 0. The second-order valence-corrected chi connectivity index (χ2v) is 8.03. The van der Waals surface area contributed by atoms with Crippen molar-refractivity contribution in [1.29, 1.82) is 0 Å². The van der Waals surface area contributed by atoms with Crippen LogP contribution in [0.25, 0.3) is 16.9 Å². The molecule has 1 heterocycles. The Morgan fingerprint density at radius 2 is 1.58 bits per heavy atom. The first-order valence-corrected chi connectivity index (χ1v) is 10.8. The second-order valence-electron chi connectivity index (χ2n) is 8.03. The van der Waals surface area contributed by atoms with Gasteiger partial charge in [0.25, 0.3) is 5.91 Å². The SMILES string of the molecule is Cc1ccc(-n2nc(-c3ccccc3)cc2NC(=O)CNC(=O)c2ccccc2C)c(C)c1.